The average Bonchev–Trinajstić information content (AvgIpc) is 2.75. The molecule has 0 aromatic heterocycles. The van der Waals surface area contributed by atoms with Crippen LogP contribution in [0.1, 0.15) is 15.9 Å². The molecule has 0 heterocycles. The van der Waals surface area contributed by atoms with Crippen LogP contribution in [0.3, 0.4) is 0 Å². The summed E-state index contributed by atoms with van der Waals surface area (Å²) >= 11 is 0. The second kappa shape index (κ2) is 10.8. The molecular weight excluding hydrogens is 402 g/mol. The van der Waals surface area contributed by atoms with Gasteiger partial charge in [0.2, 0.25) is 5.91 Å². The third-order valence-corrected chi connectivity index (χ3v) is 3.99. The van der Waals surface area contributed by atoms with Crippen LogP contribution in [0.2, 0.25) is 0 Å². The Balaban J connectivity index is 1.88. The van der Waals surface area contributed by atoms with Crippen LogP contribution >= 0.6 is 0 Å². The highest BCUT2D eigenvalue weighted by atomic mass is 19.3. The molecule has 0 spiro atoms. The first-order chi connectivity index (χ1) is 14.4. The fourth-order valence-electron chi connectivity index (χ4n) is 2.52. The van der Waals surface area contributed by atoms with Crippen LogP contribution in [0, 0.1) is 0 Å². The summed E-state index contributed by atoms with van der Waals surface area (Å²) in [5, 5.41) is 5.12. The van der Waals surface area contributed by atoms with Crippen LogP contribution in [0.15, 0.2) is 36.4 Å². The molecular formula is C20H22F2N2O6. The molecule has 162 valence electrons. The van der Waals surface area contributed by atoms with Crippen molar-refractivity contribution in [3.63, 3.8) is 0 Å². The number of nitrogens with one attached hydrogen (secondary N) is 2. The summed E-state index contributed by atoms with van der Waals surface area (Å²) in [6, 6.07) is 8.95. The molecule has 2 N–H and O–H groups in total. The van der Waals surface area contributed by atoms with Gasteiger partial charge in [-0.2, -0.15) is 8.78 Å². The summed E-state index contributed by atoms with van der Waals surface area (Å²) < 4.78 is 44.3. The molecule has 2 amide bonds. The number of hydrogen-bond donors (Lipinski definition) is 2. The van der Waals surface area contributed by atoms with Crippen molar-refractivity contribution in [3.8, 4) is 23.0 Å². The number of alkyl halides is 2. The summed E-state index contributed by atoms with van der Waals surface area (Å²) in [4.78, 5) is 24.2. The topological polar surface area (TPSA) is 95.1 Å². The van der Waals surface area contributed by atoms with E-state index in [-0.39, 0.29) is 24.6 Å². The standard InChI is InChI=1S/C20H22F2N2O6/c1-27-14-7-5-13(9-17(14)29-3)19(26)24-11-18(25)23-10-12-4-6-15(30-20(21)22)16(8-12)28-2/h4-9,20H,10-11H2,1-3H3,(H,23,25)(H,24,26). The smallest absolute Gasteiger partial charge is 0.387 e. The van der Waals surface area contributed by atoms with Gasteiger partial charge in [0.25, 0.3) is 5.91 Å². The molecule has 0 unspecified atom stereocenters. The summed E-state index contributed by atoms with van der Waals surface area (Å²) in [5.41, 5.74) is 0.910. The summed E-state index contributed by atoms with van der Waals surface area (Å²) in [7, 11) is 4.25. The molecule has 0 fully saturated rings. The van der Waals surface area contributed by atoms with E-state index in [1.807, 2.05) is 0 Å². The highest BCUT2D eigenvalue weighted by Gasteiger charge is 2.13. The lowest BCUT2D eigenvalue weighted by Gasteiger charge is -2.12. The number of hydrogen-bond acceptors (Lipinski definition) is 6. The maximum Gasteiger partial charge on any atom is 0.387 e. The molecule has 2 aromatic rings. The molecule has 10 heteroatoms. The molecule has 0 saturated carbocycles. The Morgan fingerprint density at radius 3 is 2.13 bits per heavy atom. The molecule has 0 saturated heterocycles. The summed E-state index contributed by atoms with van der Waals surface area (Å²) in [6.07, 6.45) is 0. The Morgan fingerprint density at radius 1 is 0.867 bits per heavy atom. The number of methoxy groups -OCH3 is 3. The number of amides is 2. The average molecular weight is 424 g/mol. The fraction of sp³-hybridized carbons (Fsp3) is 0.300. The number of carbonyl (C=O) groups is 2. The van der Waals surface area contributed by atoms with Crippen LogP contribution in [0.5, 0.6) is 23.0 Å². The highest BCUT2D eigenvalue weighted by Crippen LogP contribution is 2.29. The van der Waals surface area contributed by atoms with Gasteiger partial charge in [0.1, 0.15) is 0 Å². The van der Waals surface area contributed by atoms with Crippen LogP contribution in [-0.2, 0) is 11.3 Å². The van der Waals surface area contributed by atoms with Crippen LogP contribution in [0.4, 0.5) is 8.78 Å². The van der Waals surface area contributed by atoms with E-state index in [4.69, 9.17) is 14.2 Å². The zero-order valence-electron chi connectivity index (χ0n) is 16.7. The van der Waals surface area contributed by atoms with Gasteiger partial charge in [-0.15, -0.1) is 0 Å². The van der Waals surface area contributed by atoms with Gasteiger partial charge in [0, 0.05) is 12.1 Å². The highest BCUT2D eigenvalue weighted by molar-refractivity contribution is 5.97. The molecule has 2 rings (SSSR count). The van der Waals surface area contributed by atoms with Crippen molar-refractivity contribution in [3.05, 3.63) is 47.5 Å². The van der Waals surface area contributed by atoms with Crippen LogP contribution in [0.25, 0.3) is 0 Å². The third kappa shape index (κ3) is 6.23. The first-order valence-corrected chi connectivity index (χ1v) is 8.76. The number of halogens is 2. The lowest BCUT2D eigenvalue weighted by atomic mass is 10.2. The maximum absolute atomic E-state index is 12.4. The SMILES string of the molecule is COc1ccc(C(=O)NCC(=O)NCc2ccc(OC(F)F)c(OC)c2)cc1OC. The van der Waals surface area contributed by atoms with Crippen molar-refractivity contribution in [1.82, 2.24) is 10.6 Å². The van der Waals surface area contributed by atoms with Crippen molar-refractivity contribution in [2.24, 2.45) is 0 Å². The van der Waals surface area contributed by atoms with Gasteiger partial charge in [0.05, 0.1) is 27.9 Å². The Bertz CT molecular complexity index is 892. The lowest BCUT2D eigenvalue weighted by molar-refractivity contribution is -0.120. The van der Waals surface area contributed by atoms with Crippen molar-refractivity contribution in [1.29, 1.82) is 0 Å². The quantitative estimate of drug-likeness (QED) is 0.608. The fourth-order valence-corrected chi connectivity index (χ4v) is 2.52. The van der Waals surface area contributed by atoms with E-state index in [1.54, 1.807) is 12.1 Å². The molecule has 0 aliphatic carbocycles. The van der Waals surface area contributed by atoms with Crippen molar-refractivity contribution in [2.45, 2.75) is 13.2 Å². The van der Waals surface area contributed by atoms with Gasteiger partial charge < -0.3 is 29.6 Å². The van der Waals surface area contributed by atoms with Gasteiger partial charge in [-0.05, 0) is 35.9 Å². The number of carbonyl (C=O) groups excluding carboxylic acids is 2. The second-order valence-corrected chi connectivity index (χ2v) is 5.89. The predicted octanol–water partition coefficient (Wildman–Crippen LogP) is 2.36. The first kappa shape index (κ1) is 22.7. The number of rotatable bonds is 10. The van der Waals surface area contributed by atoms with Gasteiger partial charge >= 0.3 is 6.61 Å². The second-order valence-electron chi connectivity index (χ2n) is 5.89. The largest absolute Gasteiger partial charge is 0.493 e. The van der Waals surface area contributed by atoms with E-state index in [2.05, 4.69) is 15.4 Å². The summed E-state index contributed by atoms with van der Waals surface area (Å²) in [6.45, 7) is -3.12. The monoisotopic (exact) mass is 424 g/mol. The lowest BCUT2D eigenvalue weighted by Crippen LogP contribution is -2.36. The maximum atomic E-state index is 12.4. The van der Waals surface area contributed by atoms with E-state index in [0.29, 0.717) is 22.6 Å². The van der Waals surface area contributed by atoms with Crippen molar-refractivity contribution < 1.29 is 37.3 Å². The summed E-state index contributed by atoms with van der Waals surface area (Å²) in [5.74, 6) is -0.0134. The van der Waals surface area contributed by atoms with E-state index < -0.39 is 18.4 Å². The normalized spacial score (nSPS) is 10.3. The van der Waals surface area contributed by atoms with Crippen LogP contribution < -0.4 is 29.6 Å². The van der Waals surface area contributed by atoms with E-state index >= 15 is 0 Å². The van der Waals surface area contributed by atoms with Crippen molar-refractivity contribution >= 4 is 11.8 Å². The Morgan fingerprint density at radius 2 is 1.50 bits per heavy atom. The molecule has 0 aliphatic rings. The Hall–Kier alpha value is -3.56. The Labute approximate surface area is 172 Å². The minimum atomic E-state index is -2.97. The van der Waals surface area contributed by atoms with E-state index in [1.165, 1.54) is 45.6 Å². The van der Waals surface area contributed by atoms with Gasteiger partial charge in [-0.1, -0.05) is 6.07 Å². The molecule has 0 aliphatic heterocycles. The van der Waals surface area contributed by atoms with Crippen LogP contribution in [-0.4, -0.2) is 46.3 Å². The number of ether oxygens (including phenoxy) is 4. The third-order valence-electron chi connectivity index (χ3n) is 3.99. The molecule has 8 nitrogen and oxygen atoms in total. The zero-order chi connectivity index (χ0) is 22.1. The van der Waals surface area contributed by atoms with Gasteiger partial charge in [-0.3, -0.25) is 9.59 Å². The minimum absolute atomic E-state index is 0.107. The number of benzene rings is 2. The van der Waals surface area contributed by atoms with Gasteiger partial charge in [0.15, 0.2) is 23.0 Å². The minimum Gasteiger partial charge on any atom is -0.493 e. The predicted molar refractivity (Wildman–Crippen MR) is 103 cm³/mol. The Kier molecular flexibility index (Phi) is 8.21. The van der Waals surface area contributed by atoms with Crippen molar-refractivity contribution in [2.75, 3.05) is 27.9 Å². The molecule has 30 heavy (non-hydrogen) atoms. The zero-order valence-corrected chi connectivity index (χ0v) is 16.7. The first-order valence-electron chi connectivity index (χ1n) is 8.76. The van der Waals surface area contributed by atoms with Gasteiger partial charge in [-0.25, -0.2) is 0 Å². The van der Waals surface area contributed by atoms with E-state index in [0.717, 1.165) is 0 Å². The molecule has 0 atom stereocenters. The molecule has 0 radical (unpaired) electrons. The molecule has 0 bridgehead atoms. The molecule has 2 aromatic carbocycles. The van der Waals surface area contributed by atoms with E-state index in [9.17, 15) is 18.4 Å².